The Balaban J connectivity index is 0.00000280. The summed E-state index contributed by atoms with van der Waals surface area (Å²) < 4.78 is 5.65. The molecule has 152 valence electrons. The van der Waals surface area contributed by atoms with Gasteiger partial charge in [0, 0.05) is 38.4 Å². The molecule has 0 atom stereocenters. The Kier molecular flexibility index (Phi) is 8.45. The molecule has 0 saturated carbocycles. The summed E-state index contributed by atoms with van der Waals surface area (Å²) in [6.07, 6.45) is 0.795. The number of carbonyl (C=O) groups excluding carboxylic acids is 1. The van der Waals surface area contributed by atoms with E-state index in [2.05, 4.69) is 42.3 Å². The number of rotatable bonds is 6. The van der Waals surface area contributed by atoms with Crippen LogP contribution in [0.25, 0.3) is 0 Å². The predicted octanol–water partition coefficient (Wildman–Crippen LogP) is 4.03. The molecule has 1 fully saturated rings. The first-order chi connectivity index (χ1) is 13.1. The third-order valence-corrected chi connectivity index (χ3v) is 5.09. The number of nitrogens with one attached hydrogen (secondary N) is 1. The van der Waals surface area contributed by atoms with Gasteiger partial charge in [-0.2, -0.15) is 0 Å². The fraction of sp³-hybridized carbons (Fsp3) is 0.409. The number of halogens is 1. The number of amides is 2. The number of carbonyl (C=O) groups is 1. The summed E-state index contributed by atoms with van der Waals surface area (Å²) in [6.45, 7) is 8.78. The molecule has 1 aliphatic rings. The van der Waals surface area contributed by atoms with E-state index in [9.17, 15) is 4.79 Å². The Labute approximate surface area is 174 Å². The van der Waals surface area contributed by atoms with Crippen LogP contribution in [0, 0.1) is 13.8 Å². The Morgan fingerprint density at radius 1 is 1.00 bits per heavy atom. The minimum Gasteiger partial charge on any atom is -0.494 e. The lowest BCUT2D eigenvalue weighted by Gasteiger charge is -2.37. The van der Waals surface area contributed by atoms with Gasteiger partial charge >= 0.3 is 6.03 Å². The highest BCUT2D eigenvalue weighted by Gasteiger charge is 2.21. The topological polar surface area (TPSA) is 44.8 Å². The highest BCUT2D eigenvalue weighted by atomic mass is 35.5. The van der Waals surface area contributed by atoms with Gasteiger partial charge in [0.25, 0.3) is 0 Å². The molecule has 0 aliphatic carbocycles. The first-order valence-corrected chi connectivity index (χ1v) is 9.67. The van der Waals surface area contributed by atoms with Gasteiger partial charge in [-0.25, -0.2) is 4.79 Å². The average Bonchev–Trinajstić information content (AvgIpc) is 2.70. The zero-order chi connectivity index (χ0) is 19.1. The number of para-hydroxylation sites is 1. The lowest BCUT2D eigenvalue weighted by Crippen LogP contribution is -2.52. The quantitative estimate of drug-likeness (QED) is 0.741. The first-order valence-electron chi connectivity index (χ1n) is 9.67. The van der Waals surface area contributed by atoms with Crippen molar-refractivity contribution in [2.45, 2.75) is 20.3 Å². The second-order valence-electron chi connectivity index (χ2n) is 6.94. The molecule has 2 aromatic carbocycles. The van der Waals surface area contributed by atoms with Crippen molar-refractivity contribution >= 4 is 24.1 Å². The van der Waals surface area contributed by atoms with Gasteiger partial charge in [0.2, 0.25) is 0 Å². The molecule has 0 bridgehead atoms. The fourth-order valence-electron chi connectivity index (χ4n) is 3.31. The molecule has 28 heavy (non-hydrogen) atoms. The zero-order valence-corrected chi connectivity index (χ0v) is 17.5. The summed E-state index contributed by atoms with van der Waals surface area (Å²) in [5.74, 6) is 0.867. The summed E-state index contributed by atoms with van der Waals surface area (Å²) in [5, 5.41) is 3.00. The molecular formula is C22H30ClN3O2. The molecular weight excluding hydrogens is 374 g/mol. The fourth-order valence-corrected chi connectivity index (χ4v) is 3.31. The monoisotopic (exact) mass is 403 g/mol. The van der Waals surface area contributed by atoms with Crippen molar-refractivity contribution in [3.05, 3.63) is 59.7 Å². The standard InChI is InChI=1S/C22H29N3O2.ClH/c1-18-8-6-11-21(19(18)2)24-13-15-25(16-14-24)22(26)23-12-7-17-27-20-9-4-3-5-10-20;/h3-6,8-11H,7,12-17H2,1-2H3,(H,23,26);1H. The molecule has 3 rings (SSSR count). The van der Waals surface area contributed by atoms with E-state index in [1.807, 2.05) is 35.2 Å². The number of piperazine rings is 1. The lowest BCUT2D eigenvalue weighted by molar-refractivity contribution is 0.193. The minimum atomic E-state index is 0. The van der Waals surface area contributed by atoms with Crippen molar-refractivity contribution in [1.82, 2.24) is 10.2 Å². The predicted molar refractivity (Wildman–Crippen MR) is 117 cm³/mol. The van der Waals surface area contributed by atoms with Gasteiger partial charge < -0.3 is 19.9 Å². The highest BCUT2D eigenvalue weighted by molar-refractivity contribution is 5.85. The molecule has 0 radical (unpaired) electrons. The van der Waals surface area contributed by atoms with Crippen LogP contribution in [-0.4, -0.2) is 50.3 Å². The van der Waals surface area contributed by atoms with Gasteiger partial charge in [-0.05, 0) is 49.6 Å². The van der Waals surface area contributed by atoms with Crippen LogP contribution in [0.15, 0.2) is 48.5 Å². The van der Waals surface area contributed by atoms with E-state index in [-0.39, 0.29) is 18.4 Å². The van der Waals surface area contributed by atoms with Crippen molar-refractivity contribution in [2.75, 3.05) is 44.2 Å². The molecule has 6 heteroatoms. The largest absolute Gasteiger partial charge is 0.494 e. The number of aryl methyl sites for hydroxylation is 1. The van der Waals surface area contributed by atoms with E-state index >= 15 is 0 Å². The smallest absolute Gasteiger partial charge is 0.317 e. The van der Waals surface area contributed by atoms with E-state index in [1.165, 1.54) is 16.8 Å². The van der Waals surface area contributed by atoms with E-state index in [0.717, 1.165) is 38.3 Å². The van der Waals surface area contributed by atoms with Crippen LogP contribution in [0.4, 0.5) is 10.5 Å². The highest BCUT2D eigenvalue weighted by Crippen LogP contribution is 2.23. The van der Waals surface area contributed by atoms with Gasteiger partial charge in [-0.15, -0.1) is 12.4 Å². The molecule has 0 unspecified atom stereocenters. The van der Waals surface area contributed by atoms with Crippen LogP contribution in [0.5, 0.6) is 5.75 Å². The second kappa shape index (κ2) is 10.8. The molecule has 0 aromatic heterocycles. The van der Waals surface area contributed by atoms with Gasteiger partial charge in [-0.1, -0.05) is 30.3 Å². The number of nitrogens with zero attached hydrogens (tertiary/aromatic N) is 2. The van der Waals surface area contributed by atoms with Crippen LogP contribution in [0.3, 0.4) is 0 Å². The number of urea groups is 1. The molecule has 2 aromatic rings. The van der Waals surface area contributed by atoms with E-state index in [0.29, 0.717) is 13.2 Å². The van der Waals surface area contributed by atoms with Gasteiger partial charge in [0.05, 0.1) is 6.61 Å². The van der Waals surface area contributed by atoms with Crippen molar-refractivity contribution in [3.8, 4) is 5.75 Å². The van der Waals surface area contributed by atoms with Crippen molar-refractivity contribution in [3.63, 3.8) is 0 Å². The van der Waals surface area contributed by atoms with Crippen LogP contribution < -0.4 is 15.0 Å². The molecule has 5 nitrogen and oxygen atoms in total. The van der Waals surface area contributed by atoms with Crippen LogP contribution in [-0.2, 0) is 0 Å². The average molecular weight is 404 g/mol. The van der Waals surface area contributed by atoms with Crippen LogP contribution >= 0.6 is 12.4 Å². The molecule has 2 amide bonds. The van der Waals surface area contributed by atoms with Gasteiger partial charge in [0.15, 0.2) is 0 Å². The summed E-state index contributed by atoms with van der Waals surface area (Å²) in [7, 11) is 0. The third-order valence-electron chi connectivity index (χ3n) is 5.09. The minimum absolute atomic E-state index is 0. The summed E-state index contributed by atoms with van der Waals surface area (Å²) in [5.41, 5.74) is 3.92. The van der Waals surface area contributed by atoms with Crippen molar-refractivity contribution in [1.29, 1.82) is 0 Å². The number of anilines is 1. The van der Waals surface area contributed by atoms with Crippen molar-refractivity contribution in [2.24, 2.45) is 0 Å². The molecule has 1 saturated heterocycles. The molecule has 1 aliphatic heterocycles. The lowest BCUT2D eigenvalue weighted by atomic mass is 10.1. The van der Waals surface area contributed by atoms with Gasteiger partial charge in [0.1, 0.15) is 5.75 Å². The number of hydrogen-bond acceptors (Lipinski definition) is 3. The number of ether oxygens (including phenoxy) is 1. The van der Waals surface area contributed by atoms with Gasteiger partial charge in [-0.3, -0.25) is 0 Å². The van der Waals surface area contributed by atoms with E-state index < -0.39 is 0 Å². The maximum Gasteiger partial charge on any atom is 0.317 e. The number of benzene rings is 2. The second-order valence-corrected chi connectivity index (χ2v) is 6.94. The first kappa shape index (κ1) is 21.9. The zero-order valence-electron chi connectivity index (χ0n) is 16.7. The maximum atomic E-state index is 12.4. The molecule has 1 N–H and O–H groups in total. The summed E-state index contributed by atoms with van der Waals surface area (Å²) >= 11 is 0. The number of hydrogen-bond donors (Lipinski definition) is 1. The Bertz CT molecular complexity index is 747. The SMILES string of the molecule is Cc1cccc(N2CCN(C(=O)NCCCOc3ccccc3)CC2)c1C.Cl. The van der Waals surface area contributed by atoms with Crippen LogP contribution in [0.1, 0.15) is 17.5 Å². The van der Waals surface area contributed by atoms with E-state index in [1.54, 1.807) is 0 Å². The molecule has 1 heterocycles. The summed E-state index contributed by atoms with van der Waals surface area (Å²) in [4.78, 5) is 16.6. The normalized spacial score (nSPS) is 13.6. The Morgan fingerprint density at radius 2 is 1.71 bits per heavy atom. The molecule has 0 spiro atoms. The third kappa shape index (κ3) is 5.80. The van der Waals surface area contributed by atoms with Crippen LogP contribution in [0.2, 0.25) is 0 Å². The van der Waals surface area contributed by atoms with Crippen molar-refractivity contribution < 1.29 is 9.53 Å². The van der Waals surface area contributed by atoms with E-state index in [4.69, 9.17) is 4.74 Å². The summed E-state index contributed by atoms with van der Waals surface area (Å²) in [6, 6.07) is 16.2. The maximum absolute atomic E-state index is 12.4. The Morgan fingerprint density at radius 3 is 2.43 bits per heavy atom. The Hall–Kier alpha value is -2.40.